The average Bonchev–Trinajstić information content (AvgIpc) is 2.69. The Morgan fingerprint density at radius 3 is 2.55 bits per heavy atom. The van der Waals surface area contributed by atoms with Crippen molar-refractivity contribution in [3.05, 3.63) is 35.4 Å². The molecule has 1 N–H and O–H groups in total. The fourth-order valence-corrected chi connectivity index (χ4v) is 4.10. The molecule has 4 nitrogen and oxygen atoms in total. The summed E-state index contributed by atoms with van der Waals surface area (Å²) >= 11 is 0. The number of nitrogens with one attached hydrogen (secondary N) is 1. The van der Waals surface area contributed by atoms with Crippen molar-refractivity contribution >= 4 is 15.7 Å². The van der Waals surface area contributed by atoms with E-state index in [4.69, 9.17) is 0 Å². The van der Waals surface area contributed by atoms with E-state index < -0.39 is 26.2 Å². The van der Waals surface area contributed by atoms with Gasteiger partial charge in [0.15, 0.2) is 9.84 Å². The maximum Gasteiger partial charge on any atom is 0.238 e. The van der Waals surface area contributed by atoms with E-state index in [0.717, 1.165) is 31.2 Å². The Labute approximate surface area is 133 Å². The third kappa shape index (κ3) is 3.51. The second-order valence-corrected chi connectivity index (χ2v) is 9.11. The van der Waals surface area contributed by atoms with Crippen molar-refractivity contribution in [3.8, 4) is 0 Å². The molecule has 2 rings (SSSR count). The van der Waals surface area contributed by atoms with Crippen LogP contribution in [-0.2, 0) is 21.1 Å². The van der Waals surface area contributed by atoms with Crippen LogP contribution in [0.3, 0.4) is 0 Å². The van der Waals surface area contributed by atoms with E-state index in [0.29, 0.717) is 0 Å². The van der Waals surface area contributed by atoms with Crippen LogP contribution in [0.2, 0.25) is 0 Å². The molecule has 0 heterocycles. The van der Waals surface area contributed by atoms with Crippen LogP contribution in [0.25, 0.3) is 0 Å². The second-order valence-electron chi connectivity index (χ2n) is 6.29. The number of aryl methyl sites for hydroxylation is 1. The van der Waals surface area contributed by atoms with E-state index in [1.165, 1.54) is 12.5 Å². The van der Waals surface area contributed by atoms with Gasteiger partial charge in [0, 0.05) is 0 Å². The molecule has 0 saturated carbocycles. The molecule has 0 spiro atoms. The maximum absolute atomic E-state index is 12.4. The zero-order chi connectivity index (χ0) is 16.3. The van der Waals surface area contributed by atoms with Gasteiger partial charge in [0.05, 0.1) is 11.3 Å². The minimum Gasteiger partial charge on any atom is -0.348 e. The van der Waals surface area contributed by atoms with E-state index in [2.05, 4.69) is 11.4 Å². The molecule has 0 saturated heterocycles. The summed E-state index contributed by atoms with van der Waals surface area (Å²) in [7, 11) is -3.43. The van der Waals surface area contributed by atoms with E-state index in [-0.39, 0.29) is 6.04 Å². The first-order valence-corrected chi connectivity index (χ1v) is 9.56. The minimum atomic E-state index is -3.43. The van der Waals surface area contributed by atoms with Gasteiger partial charge in [-0.25, -0.2) is 8.42 Å². The highest BCUT2D eigenvalue weighted by Gasteiger charge is 2.32. The molecule has 122 valence electrons. The molecule has 1 aliphatic carbocycles. The summed E-state index contributed by atoms with van der Waals surface area (Å²) in [6.45, 7) is 4.70. The molecule has 1 aromatic rings. The Hall–Kier alpha value is -1.36. The highest BCUT2D eigenvalue weighted by Crippen LogP contribution is 2.28. The van der Waals surface area contributed by atoms with Crippen LogP contribution >= 0.6 is 0 Å². The quantitative estimate of drug-likeness (QED) is 0.867. The lowest BCUT2D eigenvalue weighted by Crippen LogP contribution is -2.42. The molecule has 5 heteroatoms. The van der Waals surface area contributed by atoms with Crippen LogP contribution in [0.4, 0.5) is 0 Å². The highest BCUT2D eigenvalue weighted by atomic mass is 32.2. The van der Waals surface area contributed by atoms with E-state index >= 15 is 0 Å². The minimum absolute atomic E-state index is 0.0870. The third-order valence-electron chi connectivity index (χ3n) is 4.46. The van der Waals surface area contributed by atoms with Crippen molar-refractivity contribution in [3.63, 3.8) is 0 Å². The highest BCUT2D eigenvalue weighted by molar-refractivity contribution is 7.93. The first-order valence-electron chi connectivity index (χ1n) is 7.95. The molecule has 0 fully saturated rings. The molecule has 2 atom stereocenters. The van der Waals surface area contributed by atoms with Gasteiger partial charge in [-0.2, -0.15) is 0 Å². The second kappa shape index (κ2) is 6.82. The van der Waals surface area contributed by atoms with Crippen molar-refractivity contribution in [1.82, 2.24) is 5.32 Å². The maximum atomic E-state index is 12.4. The predicted molar refractivity (Wildman–Crippen MR) is 88.4 cm³/mol. The van der Waals surface area contributed by atoms with Crippen molar-refractivity contribution < 1.29 is 13.2 Å². The molecule has 0 aliphatic heterocycles. The Morgan fingerprint density at radius 2 is 1.86 bits per heavy atom. The standard InChI is InChI=1S/C17H25NO3S/c1-12(2)22(20,21)13(3)17(19)18-16-11-7-5-9-14-8-4-6-10-15(14)16/h4,6,8,10,12-13,16H,5,7,9,11H2,1-3H3,(H,18,19)/t13-,16-/m0/s1. The lowest BCUT2D eigenvalue weighted by molar-refractivity contribution is -0.121. The van der Waals surface area contributed by atoms with Crippen LogP contribution in [0.5, 0.6) is 0 Å². The summed E-state index contributed by atoms with van der Waals surface area (Å²) in [5, 5.41) is 1.40. The number of hydrogen-bond donors (Lipinski definition) is 1. The number of benzene rings is 1. The lowest BCUT2D eigenvalue weighted by Gasteiger charge is -2.22. The number of carbonyl (C=O) groups excluding carboxylic acids is 1. The summed E-state index contributed by atoms with van der Waals surface area (Å²) in [4.78, 5) is 12.4. The monoisotopic (exact) mass is 323 g/mol. The molecular weight excluding hydrogens is 298 g/mol. The van der Waals surface area contributed by atoms with Crippen LogP contribution in [0.15, 0.2) is 24.3 Å². The summed E-state index contributed by atoms with van der Waals surface area (Å²) in [5.74, 6) is -0.393. The van der Waals surface area contributed by atoms with E-state index in [1.54, 1.807) is 13.8 Å². The fraction of sp³-hybridized carbons (Fsp3) is 0.588. The third-order valence-corrected chi connectivity index (χ3v) is 6.97. The Kier molecular flexibility index (Phi) is 5.27. The van der Waals surface area contributed by atoms with Crippen molar-refractivity contribution in [2.75, 3.05) is 0 Å². The van der Waals surface area contributed by atoms with Gasteiger partial charge >= 0.3 is 0 Å². The fourth-order valence-electron chi connectivity index (χ4n) is 2.92. The predicted octanol–water partition coefficient (Wildman–Crippen LogP) is 2.78. The lowest BCUT2D eigenvalue weighted by atomic mass is 9.99. The van der Waals surface area contributed by atoms with Gasteiger partial charge in [-0.15, -0.1) is 0 Å². The van der Waals surface area contributed by atoms with Gasteiger partial charge in [-0.3, -0.25) is 4.79 Å². The largest absolute Gasteiger partial charge is 0.348 e. The summed E-state index contributed by atoms with van der Waals surface area (Å²) in [6, 6.07) is 8.02. The van der Waals surface area contributed by atoms with Crippen molar-refractivity contribution in [1.29, 1.82) is 0 Å². The molecule has 0 aromatic heterocycles. The van der Waals surface area contributed by atoms with E-state index in [9.17, 15) is 13.2 Å². The first kappa shape index (κ1) is 17.0. The van der Waals surface area contributed by atoms with Crippen LogP contribution in [0, 0.1) is 0 Å². The number of amides is 1. The van der Waals surface area contributed by atoms with Crippen molar-refractivity contribution in [2.45, 2.75) is 63.0 Å². The number of fused-ring (bicyclic) bond motifs is 1. The number of hydrogen-bond acceptors (Lipinski definition) is 3. The Bertz CT molecular complexity index is 637. The van der Waals surface area contributed by atoms with Crippen LogP contribution < -0.4 is 5.32 Å². The van der Waals surface area contributed by atoms with Gasteiger partial charge in [-0.05, 0) is 51.2 Å². The zero-order valence-electron chi connectivity index (χ0n) is 13.5. The number of carbonyl (C=O) groups is 1. The van der Waals surface area contributed by atoms with Gasteiger partial charge in [-0.1, -0.05) is 30.7 Å². The van der Waals surface area contributed by atoms with Gasteiger partial charge in [0.1, 0.15) is 5.25 Å². The summed E-state index contributed by atoms with van der Waals surface area (Å²) in [5.41, 5.74) is 2.38. The zero-order valence-corrected chi connectivity index (χ0v) is 14.3. The number of rotatable bonds is 4. The van der Waals surface area contributed by atoms with Gasteiger partial charge in [0.2, 0.25) is 5.91 Å². The molecule has 1 aromatic carbocycles. The van der Waals surface area contributed by atoms with Crippen LogP contribution in [0.1, 0.15) is 57.2 Å². The molecule has 1 aliphatic rings. The first-order chi connectivity index (χ1) is 10.3. The molecule has 1 amide bonds. The Morgan fingerprint density at radius 1 is 1.18 bits per heavy atom. The molecule has 0 bridgehead atoms. The SMILES string of the molecule is CC(C)S(=O)(=O)[C@@H](C)C(=O)N[C@H]1CCCCc2ccccc21. The molecule has 0 unspecified atom stereocenters. The molecule has 22 heavy (non-hydrogen) atoms. The van der Waals surface area contributed by atoms with E-state index in [1.807, 2.05) is 18.2 Å². The average molecular weight is 323 g/mol. The Balaban J connectivity index is 2.18. The van der Waals surface area contributed by atoms with Gasteiger partial charge < -0.3 is 5.32 Å². The van der Waals surface area contributed by atoms with Crippen LogP contribution in [-0.4, -0.2) is 24.8 Å². The molecule has 0 radical (unpaired) electrons. The molecular formula is C17H25NO3S. The normalized spacial score (nSPS) is 20.1. The topological polar surface area (TPSA) is 63.2 Å². The van der Waals surface area contributed by atoms with Gasteiger partial charge in [0.25, 0.3) is 0 Å². The smallest absolute Gasteiger partial charge is 0.238 e. The summed E-state index contributed by atoms with van der Waals surface area (Å²) in [6.07, 6.45) is 4.01. The number of sulfone groups is 1. The van der Waals surface area contributed by atoms with Crippen molar-refractivity contribution in [2.24, 2.45) is 0 Å². The summed E-state index contributed by atoms with van der Waals surface area (Å²) < 4.78 is 24.3.